The van der Waals surface area contributed by atoms with Crippen molar-refractivity contribution in [2.45, 2.75) is 51.0 Å². The lowest BCUT2D eigenvalue weighted by Crippen LogP contribution is -2.52. The molecule has 0 aromatic carbocycles. The van der Waals surface area contributed by atoms with E-state index >= 15 is 0 Å². The molecule has 1 aromatic rings. The van der Waals surface area contributed by atoms with E-state index in [1.54, 1.807) is 0 Å². The van der Waals surface area contributed by atoms with Gasteiger partial charge in [0.1, 0.15) is 0 Å². The van der Waals surface area contributed by atoms with E-state index in [0.717, 1.165) is 30.1 Å². The summed E-state index contributed by atoms with van der Waals surface area (Å²) in [7, 11) is 0. The van der Waals surface area contributed by atoms with Crippen LogP contribution >= 0.6 is 12.2 Å². The maximum absolute atomic E-state index is 5.24. The number of anilines is 1. The zero-order chi connectivity index (χ0) is 14.4. The molecular weight excluding hydrogens is 280 g/mol. The number of aromatic nitrogens is 2. The first-order valence-corrected chi connectivity index (χ1v) is 8.69. The molecule has 4 aliphatic rings. The highest BCUT2D eigenvalue weighted by Gasteiger charge is 2.52. The molecule has 0 saturated heterocycles. The van der Waals surface area contributed by atoms with Crippen LogP contribution in [0.25, 0.3) is 0 Å². The van der Waals surface area contributed by atoms with Gasteiger partial charge < -0.3 is 10.6 Å². The van der Waals surface area contributed by atoms with Gasteiger partial charge in [-0.25, -0.2) is 0 Å². The Bertz CT molecular complexity index is 515. The van der Waals surface area contributed by atoms with Crippen molar-refractivity contribution in [2.75, 3.05) is 11.9 Å². The maximum atomic E-state index is 5.24. The summed E-state index contributed by atoms with van der Waals surface area (Å²) in [6.07, 6.45) is 10.6. The van der Waals surface area contributed by atoms with Crippen molar-refractivity contribution >= 4 is 23.1 Å². The normalized spacial score (nSPS) is 36.7. The Kier molecular flexibility index (Phi) is 3.21. The molecule has 4 saturated carbocycles. The molecule has 0 atom stereocenters. The van der Waals surface area contributed by atoms with Crippen molar-refractivity contribution < 1.29 is 0 Å². The summed E-state index contributed by atoms with van der Waals surface area (Å²) < 4.78 is 2.26. The molecule has 4 nitrogen and oxygen atoms in total. The third-order valence-corrected chi connectivity index (χ3v) is 5.91. The SMILES string of the molecule is CCNC(=S)Nc1ccn(C23CC4CC(CC(C4)C2)C3)n1. The fraction of sp³-hybridized carbons (Fsp3) is 0.750. The van der Waals surface area contributed by atoms with E-state index in [1.165, 1.54) is 38.5 Å². The molecule has 0 unspecified atom stereocenters. The first-order valence-electron chi connectivity index (χ1n) is 8.28. The highest BCUT2D eigenvalue weighted by Crippen LogP contribution is 2.58. The van der Waals surface area contributed by atoms with Gasteiger partial charge in [0.25, 0.3) is 0 Å². The highest BCUT2D eigenvalue weighted by molar-refractivity contribution is 7.80. The van der Waals surface area contributed by atoms with Crippen molar-refractivity contribution in [2.24, 2.45) is 17.8 Å². The fourth-order valence-electron chi connectivity index (χ4n) is 5.32. The number of rotatable bonds is 3. The summed E-state index contributed by atoms with van der Waals surface area (Å²) in [4.78, 5) is 0. The minimum absolute atomic E-state index is 0.300. The van der Waals surface area contributed by atoms with E-state index in [-0.39, 0.29) is 0 Å². The molecule has 2 N–H and O–H groups in total. The maximum Gasteiger partial charge on any atom is 0.171 e. The van der Waals surface area contributed by atoms with Crippen LogP contribution in [0.3, 0.4) is 0 Å². The number of nitrogens with one attached hydrogen (secondary N) is 2. The van der Waals surface area contributed by atoms with Gasteiger partial charge in [-0.1, -0.05) is 0 Å². The molecular formula is C16H24N4S. The Morgan fingerprint density at radius 3 is 2.48 bits per heavy atom. The van der Waals surface area contributed by atoms with E-state index < -0.39 is 0 Å². The second-order valence-corrected chi connectivity index (χ2v) is 7.68. The van der Waals surface area contributed by atoms with E-state index in [2.05, 4.69) is 27.6 Å². The van der Waals surface area contributed by atoms with Gasteiger partial charge in [0.15, 0.2) is 10.9 Å². The Morgan fingerprint density at radius 2 is 1.90 bits per heavy atom. The minimum Gasteiger partial charge on any atom is -0.363 e. The largest absolute Gasteiger partial charge is 0.363 e. The summed E-state index contributed by atoms with van der Waals surface area (Å²) in [5.41, 5.74) is 0.300. The van der Waals surface area contributed by atoms with Crippen molar-refractivity contribution in [3.8, 4) is 0 Å². The van der Waals surface area contributed by atoms with Crippen LogP contribution in [0.15, 0.2) is 12.3 Å². The van der Waals surface area contributed by atoms with Gasteiger partial charge in [-0.3, -0.25) is 4.68 Å². The van der Waals surface area contributed by atoms with Gasteiger partial charge in [-0.05, 0) is 75.4 Å². The van der Waals surface area contributed by atoms with E-state index in [0.29, 0.717) is 10.7 Å². The molecule has 0 amide bonds. The standard InChI is InChI=1S/C16H24N4S/c1-2-17-15(21)18-14-3-4-20(19-14)16-8-11-5-12(9-16)7-13(6-11)10-16/h3-4,11-13H,2,5-10H2,1H3,(H2,17,18,19,21). The summed E-state index contributed by atoms with van der Waals surface area (Å²) in [5.74, 6) is 3.70. The summed E-state index contributed by atoms with van der Waals surface area (Å²) >= 11 is 5.24. The number of hydrogen-bond donors (Lipinski definition) is 2. The number of thiocarbonyl (C=S) groups is 1. The Morgan fingerprint density at radius 1 is 1.29 bits per heavy atom. The molecule has 1 aromatic heterocycles. The number of nitrogens with zero attached hydrogens (tertiary/aromatic N) is 2. The Labute approximate surface area is 131 Å². The molecule has 4 fully saturated rings. The van der Waals surface area contributed by atoms with Crippen molar-refractivity contribution in [3.63, 3.8) is 0 Å². The topological polar surface area (TPSA) is 41.9 Å². The van der Waals surface area contributed by atoms with E-state index in [1.807, 2.05) is 6.92 Å². The lowest BCUT2D eigenvalue weighted by molar-refractivity contribution is -0.0492. The molecule has 1 heterocycles. The second kappa shape index (κ2) is 4.97. The van der Waals surface area contributed by atoms with Crippen molar-refractivity contribution in [3.05, 3.63) is 12.3 Å². The zero-order valence-corrected chi connectivity index (χ0v) is 13.5. The summed E-state index contributed by atoms with van der Waals surface area (Å²) in [5, 5.41) is 11.8. The third kappa shape index (κ3) is 2.35. The molecule has 5 rings (SSSR count). The smallest absolute Gasteiger partial charge is 0.171 e. The van der Waals surface area contributed by atoms with Crippen LogP contribution in [-0.4, -0.2) is 21.4 Å². The Hall–Kier alpha value is -1.10. The van der Waals surface area contributed by atoms with E-state index in [4.69, 9.17) is 17.3 Å². The molecule has 4 aliphatic carbocycles. The molecule has 21 heavy (non-hydrogen) atoms. The van der Waals surface area contributed by atoms with Crippen LogP contribution in [0, 0.1) is 17.8 Å². The molecule has 4 bridgehead atoms. The van der Waals surface area contributed by atoms with Crippen molar-refractivity contribution in [1.29, 1.82) is 0 Å². The molecule has 0 aliphatic heterocycles. The van der Waals surface area contributed by atoms with Crippen LogP contribution in [0.2, 0.25) is 0 Å². The average Bonchev–Trinajstić information content (AvgIpc) is 2.86. The van der Waals surface area contributed by atoms with Crippen LogP contribution < -0.4 is 10.6 Å². The quantitative estimate of drug-likeness (QED) is 0.842. The molecule has 5 heteroatoms. The number of hydrogen-bond acceptors (Lipinski definition) is 2. The first-order chi connectivity index (χ1) is 10.2. The van der Waals surface area contributed by atoms with Crippen LogP contribution in [-0.2, 0) is 5.54 Å². The Balaban J connectivity index is 1.54. The van der Waals surface area contributed by atoms with E-state index in [9.17, 15) is 0 Å². The lowest BCUT2D eigenvalue weighted by Gasteiger charge is -2.56. The molecule has 0 spiro atoms. The highest BCUT2D eigenvalue weighted by atomic mass is 32.1. The average molecular weight is 304 g/mol. The van der Waals surface area contributed by atoms with Gasteiger partial charge in [-0.2, -0.15) is 5.10 Å². The van der Waals surface area contributed by atoms with Gasteiger partial charge >= 0.3 is 0 Å². The van der Waals surface area contributed by atoms with Gasteiger partial charge in [-0.15, -0.1) is 0 Å². The van der Waals surface area contributed by atoms with Gasteiger partial charge in [0.2, 0.25) is 0 Å². The monoisotopic (exact) mass is 304 g/mol. The zero-order valence-electron chi connectivity index (χ0n) is 12.6. The molecule has 114 valence electrons. The van der Waals surface area contributed by atoms with Crippen molar-refractivity contribution in [1.82, 2.24) is 15.1 Å². The second-order valence-electron chi connectivity index (χ2n) is 7.27. The summed E-state index contributed by atoms with van der Waals surface area (Å²) in [6.45, 7) is 2.88. The van der Waals surface area contributed by atoms with Crippen LogP contribution in [0.1, 0.15) is 45.4 Å². The lowest BCUT2D eigenvalue weighted by atomic mass is 9.53. The summed E-state index contributed by atoms with van der Waals surface area (Å²) in [6, 6.07) is 2.06. The first kappa shape index (κ1) is 13.6. The van der Waals surface area contributed by atoms with Crippen LogP contribution in [0.4, 0.5) is 5.82 Å². The van der Waals surface area contributed by atoms with Gasteiger partial charge in [0, 0.05) is 18.8 Å². The fourth-order valence-corrected chi connectivity index (χ4v) is 5.57. The van der Waals surface area contributed by atoms with Crippen LogP contribution in [0.5, 0.6) is 0 Å². The predicted octanol–water partition coefficient (Wildman–Crippen LogP) is 3.11. The predicted molar refractivity (Wildman–Crippen MR) is 88.3 cm³/mol. The molecule has 0 radical (unpaired) electrons. The minimum atomic E-state index is 0.300. The van der Waals surface area contributed by atoms with Gasteiger partial charge in [0.05, 0.1) is 5.54 Å². The third-order valence-electron chi connectivity index (χ3n) is 5.66.